The molecule has 0 aliphatic heterocycles. The third-order valence-electron chi connectivity index (χ3n) is 4.55. The molecule has 1 aromatic carbocycles. The zero-order valence-corrected chi connectivity index (χ0v) is 16.4. The summed E-state index contributed by atoms with van der Waals surface area (Å²) in [5.41, 5.74) is 4.70. The van der Waals surface area contributed by atoms with Gasteiger partial charge in [-0.05, 0) is 29.2 Å². The molecule has 0 bridgehead atoms. The highest BCUT2D eigenvalue weighted by Crippen LogP contribution is 2.25. The maximum atomic E-state index is 12.5. The highest BCUT2D eigenvalue weighted by molar-refractivity contribution is 5.93. The molecule has 2 heterocycles. The molecule has 0 atom stereocenters. The molecule has 2 aromatic heterocycles. The van der Waals surface area contributed by atoms with Crippen LogP contribution in [0.3, 0.4) is 0 Å². The van der Waals surface area contributed by atoms with E-state index in [1.165, 1.54) is 5.56 Å². The predicted molar refractivity (Wildman–Crippen MR) is 108 cm³/mol. The number of pyridine rings is 1. The number of rotatable bonds is 5. The fourth-order valence-corrected chi connectivity index (χ4v) is 2.90. The largest absolute Gasteiger partial charge is 0.350 e. The van der Waals surface area contributed by atoms with E-state index in [0.717, 1.165) is 17.0 Å². The lowest BCUT2D eigenvalue weighted by atomic mass is 9.86. The molecule has 0 spiro atoms. The number of aryl methyl sites for hydroxylation is 1. The van der Waals surface area contributed by atoms with Crippen molar-refractivity contribution in [1.29, 1.82) is 0 Å². The molecule has 140 valence electrons. The summed E-state index contributed by atoms with van der Waals surface area (Å²) in [6, 6.07) is 16.0. The zero-order chi connectivity index (χ0) is 19.4. The van der Waals surface area contributed by atoms with Gasteiger partial charge in [-0.25, -0.2) is 0 Å². The molecule has 0 saturated carbocycles. The van der Waals surface area contributed by atoms with Crippen LogP contribution in [0.2, 0.25) is 0 Å². The topological polar surface area (TPSA) is 59.8 Å². The molecule has 1 N–H and O–H groups in total. The van der Waals surface area contributed by atoms with Crippen LogP contribution < -0.4 is 5.32 Å². The molecule has 5 heteroatoms. The second kappa shape index (κ2) is 7.74. The van der Waals surface area contributed by atoms with Gasteiger partial charge in [0.15, 0.2) is 0 Å². The van der Waals surface area contributed by atoms with Gasteiger partial charge in [-0.15, -0.1) is 0 Å². The van der Waals surface area contributed by atoms with Crippen molar-refractivity contribution in [3.63, 3.8) is 0 Å². The summed E-state index contributed by atoms with van der Waals surface area (Å²) < 4.78 is 1.63. The van der Waals surface area contributed by atoms with Crippen LogP contribution in [0.25, 0.3) is 11.3 Å². The molecule has 1 amide bonds. The van der Waals surface area contributed by atoms with Crippen molar-refractivity contribution in [2.45, 2.75) is 32.6 Å². The highest BCUT2D eigenvalue weighted by Gasteiger charge is 2.16. The number of aromatic nitrogens is 3. The average Bonchev–Trinajstić information content (AvgIpc) is 3.04. The number of benzene rings is 1. The smallest absolute Gasteiger partial charge is 0.269 e. The maximum absolute atomic E-state index is 12.5. The van der Waals surface area contributed by atoms with E-state index in [2.05, 4.69) is 60.4 Å². The second-order valence-electron chi connectivity index (χ2n) is 7.69. The molecule has 0 fully saturated rings. The summed E-state index contributed by atoms with van der Waals surface area (Å²) >= 11 is 0. The molecule has 3 aromatic rings. The number of hydrogen-bond acceptors (Lipinski definition) is 3. The van der Waals surface area contributed by atoms with Crippen molar-refractivity contribution in [1.82, 2.24) is 20.1 Å². The van der Waals surface area contributed by atoms with Crippen LogP contribution in [-0.2, 0) is 18.9 Å². The van der Waals surface area contributed by atoms with Gasteiger partial charge in [0.05, 0.1) is 5.69 Å². The van der Waals surface area contributed by atoms with Crippen LogP contribution in [0.15, 0.2) is 54.7 Å². The van der Waals surface area contributed by atoms with Gasteiger partial charge >= 0.3 is 0 Å². The monoisotopic (exact) mass is 362 g/mol. The molecular formula is C22H26N4O. The molecule has 5 nitrogen and oxygen atoms in total. The van der Waals surface area contributed by atoms with E-state index in [4.69, 9.17) is 0 Å². The van der Waals surface area contributed by atoms with Crippen LogP contribution in [0.4, 0.5) is 0 Å². The number of hydrogen-bond donors (Lipinski definition) is 1. The Kier molecular flexibility index (Phi) is 5.40. The van der Waals surface area contributed by atoms with Crippen molar-refractivity contribution < 1.29 is 4.79 Å². The quantitative estimate of drug-likeness (QED) is 0.752. The van der Waals surface area contributed by atoms with E-state index < -0.39 is 0 Å². The fraction of sp³-hybridized carbons (Fsp3) is 0.318. The van der Waals surface area contributed by atoms with Crippen molar-refractivity contribution in [3.8, 4) is 11.3 Å². The summed E-state index contributed by atoms with van der Waals surface area (Å²) in [6.45, 7) is 7.11. The first-order valence-corrected chi connectivity index (χ1v) is 9.17. The minimum absolute atomic E-state index is 0.112. The van der Waals surface area contributed by atoms with E-state index in [1.807, 2.05) is 24.3 Å². The van der Waals surface area contributed by atoms with Crippen LogP contribution >= 0.6 is 0 Å². The van der Waals surface area contributed by atoms with Crippen molar-refractivity contribution in [2.24, 2.45) is 7.05 Å². The Hall–Kier alpha value is -2.95. The van der Waals surface area contributed by atoms with Gasteiger partial charge in [0.2, 0.25) is 0 Å². The van der Waals surface area contributed by atoms with E-state index in [1.54, 1.807) is 17.9 Å². The molecule has 0 unspecified atom stereocenters. The second-order valence-corrected chi connectivity index (χ2v) is 7.69. The summed E-state index contributed by atoms with van der Waals surface area (Å²) in [7, 11) is 1.79. The van der Waals surface area contributed by atoms with Gasteiger partial charge in [0, 0.05) is 37.5 Å². The van der Waals surface area contributed by atoms with E-state index in [0.29, 0.717) is 18.7 Å². The van der Waals surface area contributed by atoms with Crippen molar-refractivity contribution in [3.05, 3.63) is 71.7 Å². The summed E-state index contributed by atoms with van der Waals surface area (Å²) in [5, 5.41) is 7.45. The maximum Gasteiger partial charge on any atom is 0.269 e. The Morgan fingerprint density at radius 3 is 2.48 bits per heavy atom. The van der Waals surface area contributed by atoms with Gasteiger partial charge in [0.25, 0.3) is 5.91 Å². The molecule has 3 rings (SSSR count). The van der Waals surface area contributed by atoms with E-state index in [-0.39, 0.29) is 11.3 Å². The van der Waals surface area contributed by atoms with Crippen LogP contribution in [0.1, 0.15) is 42.5 Å². The van der Waals surface area contributed by atoms with Gasteiger partial charge in [-0.3, -0.25) is 14.5 Å². The standard InChI is InChI=1S/C22H26N4O/c1-22(2,3)17-10-8-16(9-11-17)19-15-20(26(4)25-19)21(27)24-14-12-18-7-5-6-13-23-18/h5-11,13,15H,12,14H2,1-4H3,(H,24,27). The van der Waals surface area contributed by atoms with Crippen LogP contribution in [0.5, 0.6) is 0 Å². The number of nitrogens with zero attached hydrogens (tertiary/aromatic N) is 3. The summed E-state index contributed by atoms with van der Waals surface area (Å²) in [6.07, 6.45) is 2.46. The molecule has 0 radical (unpaired) electrons. The van der Waals surface area contributed by atoms with Crippen molar-refractivity contribution in [2.75, 3.05) is 6.54 Å². The minimum Gasteiger partial charge on any atom is -0.350 e. The number of carbonyl (C=O) groups is 1. The third kappa shape index (κ3) is 4.61. The average molecular weight is 362 g/mol. The Morgan fingerprint density at radius 2 is 1.85 bits per heavy atom. The Balaban J connectivity index is 1.67. The van der Waals surface area contributed by atoms with Gasteiger partial charge in [-0.1, -0.05) is 51.1 Å². The minimum atomic E-state index is -0.126. The molecule has 0 saturated heterocycles. The lowest BCUT2D eigenvalue weighted by Crippen LogP contribution is -2.27. The predicted octanol–water partition coefficient (Wildman–Crippen LogP) is 3.75. The Morgan fingerprint density at radius 1 is 1.11 bits per heavy atom. The van der Waals surface area contributed by atoms with Gasteiger partial charge < -0.3 is 5.32 Å². The lowest BCUT2D eigenvalue weighted by molar-refractivity contribution is 0.0944. The SMILES string of the molecule is Cn1nc(-c2ccc(C(C)(C)C)cc2)cc1C(=O)NCCc1ccccn1. The Labute approximate surface area is 160 Å². The Bertz CT molecular complexity index is 906. The normalized spacial score (nSPS) is 11.4. The highest BCUT2D eigenvalue weighted by atomic mass is 16.2. The number of nitrogens with one attached hydrogen (secondary N) is 1. The number of carbonyl (C=O) groups excluding carboxylic acids is 1. The summed E-state index contributed by atoms with van der Waals surface area (Å²) in [5.74, 6) is -0.126. The van der Waals surface area contributed by atoms with Gasteiger partial charge in [-0.2, -0.15) is 5.10 Å². The van der Waals surface area contributed by atoms with Crippen LogP contribution in [0, 0.1) is 0 Å². The van der Waals surface area contributed by atoms with E-state index in [9.17, 15) is 4.79 Å². The lowest BCUT2D eigenvalue weighted by Gasteiger charge is -2.18. The summed E-state index contributed by atoms with van der Waals surface area (Å²) in [4.78, 5) is 16.8. The first kappa shape index (κ1) is 18.8. The fourth-order valence-electron chi connectivity index (χ4n) is 2.90. The zero-order valence-electron chi connectivity index (χ0n) is 16.4. The van der Waals surface area contributed by atoms with E-state index >= 15 is 0 Å². The molecule has 27 heavy (non-hydrogen) atoms. The number of amides is 1. The molecular weight excluding hydrogens is 336 g/mol. The molecule has 0 aliphatic carbocycles. The third-order valence-corrected chi connectivity index (χ3v) is 4.55. The van der Waals surface area contributed by atoms with Crippen LogP contribution in [-0.4, -0.2) is 27.2 Å². The molecule has 0 aliphatic rings. The first-order valence-electron chi connectivity index (χ1n) is 9.17. The van der Waals surface area contributed by atoms with Gasteiger partial charge in [0.1, 0.15) is 5.69 Å². The first-order chi connectivity index (χ1) is 12.8. The van der Waals surface area contributed by atoms with Crippen molar-refractivity contribution >= 4 is 5.91 Å².